The smallest absolute Gasteiger partial charge is 0.347 e. The molecule has 5 heteroatoms. The number of aromatic nitrogens is 2. The lowest BCUT2D eigenvalue weighted by Crippen LogP contribution is -2.16. The summed E-state index contributed by atoms with van der Waals surface area (Å²) in [6.45, 7) is 7.87. The Morgan fingerprint density at radius 1 is 1.37 bits per heavy atom. The van der Waals surface area contributed by atoms with Crippen molar-refractivity contribution >= 4 is 17.3 Å². The maximum Gasteiger partial charge on any atom is 0.347 e. The van der Waals surface area contributed by atoms with Crippen molar-refractivity contribution in [1.82, 2.24) is 9.97 Å². The number of thiazole rings is 1. The second kappa shape index (κ2) is 4.74. The molecule has 0 spiro atoms. The van der Waals surface area contributed by atoms with Gasteiger partial charge in [0.1, 0.15) is 9.88 Å². The van der Waals surface area contributed by atoms with Gasteiger partial charge in [-0.25, -0.2) is 9.78 Å². The number of aryl methyl sites for hydroxylation is 1. The Bertz CT molecular complexity index is 627. The van der Waals surface area contributed by atoms with Crippen LogP contribution in [0.25, 0.3) is 10.6 Å². The highest BCUT2D eigenvalue weighted by molar-refractivity contribution is 7.17. The molecule has 2 heterocycles. The lowest BCUT2D eigenvalue weighted by atomic mass is 9.91. The molecule has 0 amide bonds. The molecule has 0 unspecified atom stereocenters. The summed E-state index contributed by atoms with van der Waals surface area (Å²) in [5.74, 6) is -0.921. The van der Waals surface area contributed by atoms with Crippen molar-refractivity contribution in [3.63, 3.8) is 0 Å². The van der Waals surface area contributed by atoms with Crippen LogP contribution in [0, 0.1) is 6.92 Å². The number of carboxylic acid groups (broad SMARTS) is 1. The van der Waals surface area contributed by atoms with E-state index in [1.807, 2.05) is 33.8 Å². The number of hydrogen-bond acceptors (Lipinski definition) is 4. The van der Waals surface area contributed by atoms with E-state index in [4.69, 9.17) is 0 Å². The summed E-state index contributed by atoms with van der Waals surface area (Å²) in [6, 6.07) is 1.90. The number of carboxylic acids is 1. The molecule has 0 atom stereocenters. The fourth-order valence-corrected chi connectivity index (χ4v) is 2.97. The molecule has 0 aliphatic carbocycles. The topological polar surface area (TPSA) is 63.1 Å². The first-order chi connectivity index (χ1) is 8.80. The van der Waals surface area contributed by atoms with Crippen LogP contribution >= 0.6 is 11.3 Å². The summed E-state index contributed by atoms with van der Waals surface area (Å²) in [4.78, 5) is 20.3. The molecular weight excluding hydrogens is 260 g/mol. The Labute approximate surface area is 116 Å². The number of carbonyl (C=O) groups is 1. The molecule has 2 aromatic heterocycles. The van der Waals surface area contributed by atoms with Crippen molar-refractivity contribution in [3.05, 3.63) is 34.6 Å². The molecule has 0 saturated carbocycles. The third-order valence-corrected chi connectivity index (χ3v) is 3.88. The largest absolute Gasteiger partial charge is 0.477 e. The van der Waals surface area contributed by atoms with E-state index < -0.39 is 5.97 Å². The number of pyridine rings is 1. The highest BCUT2D eigenvalue weighted by Crippen LogP contribution is 2.35. The summed E-state index contributed by atoms with van der Waals surface area (Å²) in [5.41, 5.74) is 2.27. The van der Waals surface area contributed by atoms with E-state index >= 15 is 0 Å². The summed E-state index contributed by atoms with van der Waals surface area (Å²) in [5, 5.41) is 10.0. The van der Waals surface area contributed by atoms with Crippen LogP contribution in [-0.4, -0.2) is 21.0 Å². The highest BCUT2D eigenvalue weighted by Gasteiger charge is 2.27. The van der Waals surface area contributed by atoms with E-state index in [-0.39, 0.29) is 5.41 Å². The average molecular weight is 276 g/mol. The zero-order valence-corrected chi connectivity index (χ0v) is 12.2. The second-order valence-electron chi connectivity index (χ2n) is 5.44. The van der Waals surface area contributed by atoms with Crippen molar-refractivity contribution in [2.45, 2.75) is 33.1 Å². The van der Waals surface area contributed by atoms with Gasteiger partial charge in [-0.05, 0) is 18.6 Å². The predicted molar refractivity (Wildman–Crippen MR) is 75.7 cm³/mol. The summed E-state index contributed by atoms with van der Waals surface area (Å²) in [6.07, 6.45) is 3.45. The molecule has 2 aromatic rings. The quantitative estimate of drug-likeness (QED) is 0.911. The lowest BCUT2D eigenvalue weighted by molar-refractivity contribution is 0.0699. The second-order valence-corrected chi connectivity index (χ2v) is 6.44. The van der Waals surface area contributed by atoms with E-state index in [0.717, 1.165) is 11.1 Å². The molecule has 0 fully saturated rings. The number of rotatable bonds is 2. The molecule has 1 N–H and O–H groups in total. The van der Waals surface area contributed by atoms with Crippen molar-refractivity contribution in [2.75, 3.05) is 0 Å². The van der Waals surface area contributed by atoms with Crippen LogP contribution in [0.3, 0.4) is 0 Å². The fraction of sp³-hybridized carbons (Fsp3) is 0.357. The van der Waals surface area contributed by atoms with E-state index in [0.29, 0.717) is 15.6 Å². The Morgan fingerprint density at radius 2 is 2.05 bits per heavy atom. The van der Waals surface area contributed by atoms with Gasteiger partial charge in [0.15, 0.2) is 0 Å². The molecule has 0 aliphatic rings. The van der Waals surface area contributed by atoms with E-state index in [1.54, 1.807) is 12.4 Å². The standard InChI is InChI=1S/C14H16N2O2S/c1-8-5-6-15-7-9(8)12-16-11(14(2,3)4)10(19-12)13(17)18/h5-7H,1-4H3,(H,17,18). The van der Waals surface area contributed by atoms with Crippen molar-refractivity contribution in [3.8, 4) is 10.6 Å². The maximum absolute atomic E-state index is 11.4. The first-order valence-corrected chi connectivity index (χ1v) is 6.78. The van der Waals surface area contributed by atoms with Gasteiger partial charge in [0.25, 0.3) is 0 Å². The maximum atomic E-state index is 11.4. The van der Waals surface area contributed by atoms with E-state index in [1.165, 1.54) is 11.3 Å². The predicted octanol–water partition coefficient (Wildman–Crippen LogP) is 3.51. The van der Waals surface area contributed by atoms with Gasteiger partial charge in [-0.2, -0.15) is 0 Å². The van der Waals surface area contributed by atoms with Crippen LogP contribution in [0.2, 0.25) is 0 Å². The van der Waals surface area contributed by atoms with Crippen LogP contribution in [0.4, 0.5) is 0 Å². The zero-order valence-electron chi connectivity index (χ0n) is 11.4. The van der Waals surface area contributed by atoms with Gasteiger partial charge in [-0.3, -0.25) is 4.98 Å². The molecule has 100 valence electrons. The first-order valence-electron chi connectivity index (χ1n) is 5.96. The Balaban J connectivity index is 2.62. The number of aromatic carboxylic acids is 1. The molecule has 0 bridgehead atoms. The monoisotopic (exact) mass is 276 g/mol. The molecule has 0 aliphatic heterocycles. The van der Waals surface area contributed by atoms with Gasteiger partial charge in [-0.15, -0.1) is 11.3 Å². The normalized spacial score (nSPS) is 11.6. The molecule has 2 rings (SSSR count). The van der Waals surface area contributed by atoms with Gasteiger partial charge in [-0.1, -0.05) is 20.8 Å². The van der Waals surface area contributed by atoms with Crippen LogP contribution < -0.4 is 0 Å². The molecule has 0 radical (unpaired) electrons. The Morgan fingerprint density at radius 3 is 2.53 bits per heavy atom. The molecule has 0 saturated heterocycles. The summed E-state index contributed by atoms with van der Waals surface area (Å²) >= 11 is 1.21. The average Bonchev–Trinajstić information content (AvgIpc) is 2.74. The highest BCUT2D eigenvalue weighted by atomic mass is 32.1. The lowest BCUT2D eigenvalue weighted by Gasteiger charge is -2.16. The fourth-order valence-electron chi connectivity index (χ4n) is 1.78. The van der Waals surface area contributed by atoms with E-state index in [2.05, 4.69) is 9.97 Å². The van der Waals surface area contributed by atoms with Crippen molar-refractivity contribution in [2.24, 2.45) is 0 Å². The minimum absolute atomic E-state index is 0.293. The number of hydrogen-bond donors (Lipinski definition) is 1. The van der Waals surface area contributed by atoms with Crippen LogP contribution in [0.5, 0.6) is 0 Å². The van der Waals surface area contributed by atoms with E-state index in [9.17, 15) is 9.90 Å². The minimum Gasteiger partial charge on any atom is -0.477 e. The first kappa shape index (κ1) is 13.7. The van der Waals surface area contributed by atoms with Gasteiger partial charge in [0, 0.05) is 23.4 Å². The van der Waals surface area contributed by atoms with Crippen molar-refractivity contribution in [1.29, 1.82) is 0 Å². The number of nitrogens with zero attached hydrogens (tertiary/aromatic N) is 2. The molecule has 4 nitrogen and oxygen atoms in total. The zero-order chi connectivity index (χ0) is 14.2. The minimum atomic E-state index is -0.921. The van der Waals surface area contributed by atoms with Crippen LogP contribution in [-0.2, 0) is 5.41 Å². The van der Waals surface area contributed by atoms with Gasteiger partial charge >= 0.3 is 5.97 Å². The third-order valence-electron chi connectivity index (χ3n) is 2.80. The SMILES string of the molecule is Cc1ccncc1-c1nc(C(C)(C)C)c(C(=O)O)s1. The van der Waals surface area contributed by atoms with Gasteiger partial charge in [0.2, 0.25) is 0 Å². The summed E-state index contributed by atoms with van der Waals surface area (Å²) in [7, 11) is 0. The molecular formula is C14H16N2O2S. The Hall–Kier alpha value is -1.75. The molecule has 0 aromatic carbocycles. The molecule has 19 heavy (non-hydrogen) atoms. The van der Waals surface area contributed by atoms with Crippen molar-refractivity contribution < 1.29 is 9.90 Å². The summed E-state index contributed by atoms with van der Waals surface area (Å²) < 4.78 is 0. The van der Waals surface area contributed by atoms with Gasteiger partial charge in [0.05, 0.1) is 5.69 Å². The third kappa shape index (κ3) is 2.66. The van der Waals surface area contributed by atoms with Crippen LogP contribution in [0.15, 0.2) is 18.5 Å². The Kier molecular flexibility index (Phi) is 3.41. The van der Waals surface area contributed by atoms with Crippen LogP contribution in [0.1, 0.15) is 41.7 Å². The van der Waals surface area contributed by atoms with Gasteiger partial charge < -0.3 is 5.11 Å².